The van der Waals surface area contributed by atoms with Crippen LogP contribution < -0.4 is 0 Å². The van der Waals surface area contributed by atoms with Crippen molar-refractivity contribution in [2.45, 2.75) is 55.6 Å². The van der Waals surface area contributed by atoms with E-state index in [0.717, 1.165) is 25.1 Å². The summed E-state index contributed by atoms with van der Waals surface area (Å²) >= 11 is 11.5. The monoisotopic (exact) mass is 284 g/mol. The van der Waals surface area contributed by atoms with Gasteiger partial charge in [0.2, 0.25) is 0 Å². The highest BCUT2D eigenvalue weighted by atomic mass is 35.5. The Labute approximate surface area is 120 Å². The number of hydrogen-bond donors (Lipinski definition) is 1. The van der Waals surface area contributed by atoms with Gasteiger partial charge in [0.1, 0.15) is 5.82 Å². The number of halogens is 1. The van der Waals surface area contributed by atoms with Crippen LogP contribution in [0.25, 0.3) is 0 Å². The van der Waals surface area contributed by atoms with Gasteiger partial charge in [0.15, 0.2) is 0 Å². The van der Waals surface area contributed by atoms with Crippen molar-refractivity contribution in [3.63, 3.8) is 0 Å². The molecule has 0 aliphatic heterocycles. The van der Waals surface area contributed by atoms with Crippen LogP contribution in [0.2, 0.25) is 0 Å². The molecule has 0 N–H and O–H groups in total. The first-order chi connectivity index (χ1) is 8.38. The average Bonchev–Trinajstić information content (AvgIpc) is 2.35. The first-order valence-corrected chi connectivity index (χ1v) is 7.42. The normalized spacial score (nSPS) is 36.9. The summed E-state index contributed by atoms with van der Waals surface area (Å²) in [5, 5.41) is 0.202. The predicted molar refractivity (Wildman–Crippen MR) is 79.4 cm³/mol. The van der Waals surface area contributed by atoms with Crippen LogP contribution in [0.1, 0.15) is 45.9 Å². The van der Waals surface area contributed by atoms with E-state index in [1.807, 2.05) is 6.07 Å². The van der Waals surface area contributed by atoms with Gasteiger partial charge in [-0.1, -0.05) is 20.8 Å². The summed E-state index contributed by atoms with van der Waals surface area (Å²) in [5.41, 5.74) is -0.0718. The van der Waals surface area contributed by atoms with Crippen molar-refractivity contribution >= 4 is 24.2 Å². The van der Waals surface area contributed by atoms with Crippen molar-refractivity contribution < 1.29 is 0 Å². The minimum Gasteiger partial charge on any atom is -0.241 e. The number of rotatable bonds is 2. The second-order valence-corrected chi connectivity index (χ2v) is 7.28. The lowest BCUT2D eigenvalue weighted by Crippen LogP contribution is -2.47. The molecule has 0 aromatic carbocycles. The summed E-state index contributed by atoms with van der Waals surface area (Å²) in [7, 11) is 0. The summed E-state index contributed by atoms with van der Waals surface area (Å²) in [6.07, 6.45) is 6.51. The van der Waals surface area contributed by atoms with E-state index in [2.05, 4.69) is 30.7 Å². The Morgan fingerprint density at radius 1 is 1.33 bits per heavy atom. The van der Waals surface area contributed by atoms with Crippen LogP contribution in [-0.4, -0.2) is 20.1 Å². The van der Waals surface area contributed by atoms with Crippen molar-refractivity contribution in [1.29, 1.82) is 0 Å². The summed E-state index contributed by atoms with van der Waals surface area (Å²) in [6, 6.07) is 1.85. The Kier molecular flexibility index (Phi) is 3.93. The molecule has 0 radical (unpaired) electrons. The Bertz CT molecular complexity index is 412. The van der Waals surface area contributed by atoms with E-state index in [4.69, 9.17) is 24.2 Å². The second-order valence-electron chi connectivity index (χ2n) is 5.90. The zero-order valence-corrected chi connectivity index (χ0v) is 12.9. The third-order valence-electron chi connectivity index (χ3n) is 4.44. The minimum atomic E-state index is -0.124. The fourth-order valence-corrected chi connectivity index (χ4v) is 3.59. The SMILES string of the molecule is CC(C)C1(Cl)CCC(C)(c2ncccn2)C(S)C1. The van der Waals surface area contributed by atoms with Crippen LogP contribution >= 0.6 is 24.2 Å². The van der Waals surface area contributed by atoms with Crippen molar-refractivity contribution in [3.8, 4) is 0 Å². The van der Waals surface area contributed by atoms with E-state index in [0.29, 0.717) is 5.92 Å². The fraction of sp³-hybridized carbons (Fsp3) is 0.714. The minimum absolute atomic E-state index is 0.0718. The summed E-state index contributed by atoms with van der Waals surface area (Å²) in [6.45, 7) is 6.58. The van der Waals surface area contributed by atoms with Crippen LogP contribution in [0.4, 0.5) is 0 Å². The van der Waals surface area contributed by atoms with Crippen molar-refractivity contribution in [2.24, 2.45) is 5.92 Å². The van der Waals surface area contributed by atoms with Crippen LogP contribution in [0.5, 0.6) is 0 Å². The highest BCUT2D eigenvalue weighted by Gasteiger charge is 2.48. The highest BCUT2D eigenvalue weighted by molar-refractivity contribution is 7.81. The maximum Gasteiger partial charge on any atom is 0.135 e. The van der Waals surface area contributed by atoms with E-state index in [9.17, 15) is 0 Å². The second kappa shape index (κ2) is 5.01. The molecule has 3 unspecified atom stereocenters. The molecule has 18 heavy (non-hydrogen) atoms. The van der Waals surface area contributed by atoms with E-state index in [1.165, 1.54) is 0 Å². The van der Waals surface area contributed by atoms with Gasteiger partial charge in [0.25, 0.3) is 0 Å². The summed E-state index contributed by atoms with van der Waals surface area (Å²) in [5.74, 6) is 1.36. The zero-order valence-electron chi connectivity index (χ0n) is 11.2. The highest BCUT2D eigenvalue weighted by Crippen LogP contribution is 2.49. The van der Waals surface area contributed by atoms with Gasteiger partial charge in [0.05, 0.1) is 0 Å². The number of nitrogens with zero attached hydrogens (tertiary/aromatic N) is 2. The lowest BCUT2D eigenvalue weighted by atomic mass is 9.67. The van der Waals surface area contributed by atoms with Crippen LogP contribution in [0.15, 0.2) is 18.5 Å². The third kappa shape index (κ3) is 2.39. The number of alkyl halides is 1. The molecule has 1 saturated carbocycles. The molecular formula is C14H21ClN2S. The molecule has 4 heteroatoms. The van der Waals surface area contributed by atoms with E-state index in [-0.39, 0.29) is 15.5 Å². The van der Waals surface area contributed by atoms with Gasteiger partial charge in [0, 0.05) is 27.9 Å². The third-order valence-corrected chi connectivity index (χ3v) is 5.97. The standard InChI is InChI=1S/C14H21ClN2S/c1-10(2)14(15)6-5-13(3,11(18)9-14)12-16-7-4-8-17-12/h4,7-8,10-11,18H,5-6,9H2,1-3H3. The van der Waals surface area contributed by atoms with E-state index >= 15 is 0 Å². The van der Waals surface area contributed by atoms with E-state index in [1.54, 1.807) is 12.4 Å². The molecule has 1 heterocycles. The number of thiol groups is 1. The number of hydrogen-bond acceptors (Lipinski definition) is 3. The average molecular weight is 285 g/mol. The molecule has 1 aliphatic rings. The van der Waals surface area contributed by atoms with Crippen molar-refractivity contribution in [3.05, 3.63) is 24.3 Å². The molecule has 0 amide bonds. The predicted octanol–water partition coefficient (Wildman–Crippen LogP) is 3.85. The van der Waals surface area contributed by atoms with Crippen LogP contribution in [-0.2, 0) is 5.41 Å². The van der Waals surface area contributed by atoms with Gasteiger partial charge in [-0.25, -0.2) is 9.97 Å². The van der Waals surface area contributed by atoms with Crippen LogP contribution in [0, 0.1) is 5.92 Å². The van der Waals surface area contributed by atoms with E-state index < -0.39 is 0 Å². The molecule has 0 spiro atoms. The zero-order chi connectivity index (χ0) is 13.4. The molecule has 1 fully saturated rings. The molecule has 2 rings (SSSR count). The summed E-state index contributed by atoms with van der Waals surface area (Å²) in [4.78, 5) is 8.70. The van der Waals surface area contributed by atoms with Gasteiger partial charge >= 0.3 is 0 Å². The topological polar surface area (TPSA) is 25.8 Å². The quantitative estimate of drug-likeness (QED) is 0.659. The molecule has 2 nitrogen and oxygen atoms in total. The molecule has 1 aromatic heterocycles. The van der Waals surface area contributed by atoms with Gasteiger partial charge < -0.3 is 0 Å². The van der Waals surface area contributed by atoms with Gasteiger partial charge in [-0.05, 0) is 31.2 Å². The summed E-state index contributed by atoms with van der Waals surface area (Å²) < 4.78 is 0. The molecule has 100 valence electrons. The molecular weight excluding hydrogens is 264 g/mol. The van der Waals surface area contributed by atoms with Crippen molar-refractivity contribution in [2.75, 3.05) is 0 Å². The Morgan fingerprint density at radius 3 is 2.44 bits per heavy atom. The van der Waals surface area contributed by atoms with Gasteiger partial charge in [-0.3, -0.25) is 0 Å². The number of aromatic nitrogens is 2. The maximum atomic E-state index is 6.73. The largest absolute Gasteiger partial charge is 0.241 e. The molecule has 3 atom stereocenters. The lowest BCUT2D eigenvalue weighted by molar-refractivity contribution is 0.229. The molecule has 0 bridgehead atoms. The first kappa shape index (κ1) is 14.1. The van der Waals surface area contributed by atoms with Gasteiger partial charge in [-0.15, -0.1) is 11.6 Å². The first-order valence-electron chi connectivity index (χ1n) is 6.53. The molecule has 1 aliphatic carbocycles. The Hall–Kier alpha value is -0.280. The van der Waals surface area contributed by atoms with Crippen LogP contribution in [0.3, 0.4) is 0 Å². The Balaban J connectivity index is 2.24. The lowest BCUT2D eigenvalue weighted by Gasteiger charge is -2.46. The Morgan fingerprint density at radius 2 is 1.94 bits per heavy atom. The maximum absolute atomic E-state index is 6.73. The smallest absolute Gasteiger partial charge is 0.135 e. The molecule has 1 aromatic rings. The molecule has 0 saturated heterocycles. The van der Waals surface area contributed by atoms with Gasteiger partial charge in [-0.2, -0.15) is 12.6 Å². The van der Waals surface area contributed by atoms with Crippen molar-refractivity contribution in [1.82, 2.24) is 9.97 Å². The fourth-order valence-electron chi connectivity index (χ4n) is 2.66.